The van der Waals surface area contributed by atoms with Crippen LogP contribution in [0.1, 0.15) is 62.3 Å². The predicted octanol–water partition coefficient (Wildman–Crippen LogP) is 5.32. The highest BCUT2D eigenvalue weighted by Gasteiger charge is 2.26. The van der Waals surface area contributed by atoms with Crippen LogP contribution in [0.3, 0.4) is 0 Å². The number of rotatable bonds is 7. The third-order valence-corrected chi connectivity index (χ3v) is 4.80. The first kappa shape index (κ1) is 17.5. The summed E-state index contributed by atoms with van der Waals surface area (Å²) in [5.74, 6) is 1.13. The smallest absolute Gasteiger partial charge is 0.127 e. The number of aliphatic hydroxyl groups is 1. The molecule has 0 aliphatic carbocycles. The summed E-state index contributed by atoms with van der Waals surface area (Å²) in [4.78, 5) is 0. The molecule has 0 spiro atoms. The van der Waals surface area contributed by atoms with Crippen LogP contribution in [0.25, 0.3) is 0 Å². The van der Waals surface area contributed by atoms with Gasteiger partial charge in [-0.15, -0.1) is 0 Å². The van der Waals surface area contributed by atoms with Crippen LogP contribution in [0.4, 0.5) is 0 Å². The van der Waals surface area contributed by atoms with Crippen LogP contribution < -0.4 is 4.74 Å². The lowest BCUT2D eigenvalue weighted by Gasteiger charge is -2.27. The first-order chi connectivity index (χ1) is 9.47. The second-order valence-corrected chi connectivity index (χ2v) is 6.38. The SMILES string of the molecule is CCCC(CCC)C(O)c1c(C)c(Br)cc(C)c1OC. The third-order valence-electron chi connectivity index (χ3n) is 3.97. The van der Waals surface area contributed by atoms with Crippen molar-refractivity contribution in [2.24, 2.45) is 5.92 Å². The number of methoxy groups -OCH3 is 1. The Morgan fingerprint density at radius 1 is 1.20 bits per heavy atom. The molecule has 0 bridgehead atoms. The summed E-state index contributed by atoms with van der Waals surface area (Å²) in [5.41, 5.74) is 3.09. The zero-order chi connectivity index (χ0) is 15.3. The molecular weight excluding hydrogens is 316 g/mol. The molecule has 0 saturated carbocycles. The molecule has 0 aromatic heterocycles. The molecule has 1 aromatic carbocycles. The van der Waals surface area contributed by atoms with Crippen molar-refractivity contribution in [1.82, 2.24) is 0 Å². The van der Waals surface area contributed by atoms with Crippen molar-refractivity contribution in [2.75, 3.05) is 7.11 Å². The van der Waals surface area contributed by atoms with Gasteiger partial charge in [-0.1, -0.05) is 42.6 Å². The van der Waals surface area contributed by atoms with E-state index in [4.69, 9.17) is 4.74 Å². The van der Waals surface area contributed by atoms with E-state index in [1.54, 1.807) is 7.11 Å². The maximum Gasteiger partial charge on any atom is 0.127 e. The van der Waals surface area contributed by atoms with E-state index in [-0.39, 0.29) is 0 Å². The van der Waals surface area contributed by atoms with Crippen LogP contribution >= 0.6 is 15.9 Å². The predicted molar refractivity (Wildman–Crippen MR) is 88.4 cm³/mol. The highest BCUT2D eigenvalue weighted by molar-refractivity contribution is 9.10. The number of hydrogen-bond donors (Lipinski definition) is 1. The summed E-state index contributed by atoms with van der Waals surface area (Å²) < 4.78 is 6.60. The first-order valence-corrected chi connectivity index (χ1v) is 8.28. The molecule has 20 heavy (non-hydrogen) atoms. The van der Waals surface area contributed by atoms with Gasteiger partial charge in [0.25, 0.3) is 0 Å². The van der Waals surface area contributed by atoms with Crippen molar-refractivity contribution >= 4 is 15.9 Å². The van der Waals surface area contributed by atoms with Gasteiger partial charge in [0.2, 0.25) is 0 Å². The lowest BCUT2D eigenvalue weighted by atomic mass is 9.85. The Bertz CT molecular complexity index is 437. The fourth-order valence-electron chi connectivity index (χ4n) is 2.94. The fraction of sp³-hybridized carbons (Fsp3) is 0.647. The minimum atomic E-state index is -0.457. The van der Waals surface area contributed by atoms with Gasteiger partial charge in [-0.2, -0.15) is 0 Å². The Morgan fingerprint density at radius 3 is 2.20 bits per heavy atom. The Balaban J connectivity index is 3.28. The molecule has 0 heterocycles. The van der Waals surface area contributed by atoms with E-state index in [2.05, 4.69) is 35.8 Å². The van der Waals surface area contributed by atoms with Gasteiger partial charge < -0.3 is 9.84 Å². The Hall–Kier alpha value is -0.540. The van der Waals surface area contributed by atoms with E-state index in [0.29, 0.717) is 5.92 Å². The average Bonchev–Trinajstić information content (AvgIpc) is 2.41. The van der Waals surface area contributed by atoms with Crippen molar-refractivity contribution in [1.29, 1.82) is 0 Å². The van der Waals surface area contributed by atoms with Crippen molar-refractivity contribution in [3.63, 3.8) is 0 Å². The molecular formula is C17H27BrO2. The molecule has 1 unspecified atom stereocenters. The van der Waals surface area contributed by atoms with E-state index >= 15 is 0 Å². The number of halogens is 1. The minimum absolute atomic E-state index is 0.297. The number of ether oxygens (including phenoxy) is 1. The molecule has 0 aliphatic rings. The average molecular weight is 343 g/mol. The zero-order valence-corrected chi connectivity index (χ0v) is 14.9. The first-order valence-electron chi connectivity index (χ1n) is 7.49. The van der Waals surface area contributed by atoms with E-state index < -0.39 is 6.10 Å². The van der Waals surface area contributed by atoms with E-state index in [9.17, 15) is 5.11 Å². The van der Waals surface area contributed by atoms with E-state index in [1.807, 2.05) is 13.8 Å². The van der Waals surface area contributed by atoms with Gasteiger partial charge in [-0.25, -0.2) is 0 Å². The lowest BCUT2D eigenvalue weighted by molar-refractivity contribution is 0.0930. The van der Waals surface area contributed by atoms with Crippen LogP contribution in [0, 0.1) is 19.8 Å². The standard InChI is InChI=1S/C17H27BrO2/c1-6-8-13(9-7-2)16(19)15-12(4)14(18)10-11(3)17(15)20-5/h10,13,16,19H,6-9H2,1-5H3. The van der Waals surface area contributed by atoms with Gasteiger partial charge in [0.15, 0.2) is 0 Å². The van der Waals surface area contributed by atoms with Crippen LogP contribution in [-0.4, -0.2) is 12.2 Å². The quantitative estimate of drug-likeness (QED) is 0.726. The number of aliphatic hydroxyl groups excluding tert-OH is 1. The molecule has 0 aliphatic heterocycles. The van der Waals surface area contributed by atoms with Crippen molar-refractivity contribution < 1.29 is 9.84 Å². The van der Waals surface area contributed by atoms with Gasteiger partial charge in [-0.3, -0.25) is 0 Å². The minimum Gasteiger partial charge on any atom is -0.496 e. The second kappa shape index (κ2) is 8.04. The van der Waals surface area contributed by atoms with Crippen LogP contribution in [0.2, 0.25) is 0 Å². The normalized spacial score (nSPS) is 12.8. The molecule has 1 aromatic rings. The van der Waals surface area contributed by atoms with Crippen LogP contribution in [-0.2, 0) is 0 Å². The highest BCUT2D eigenvalue weighted by Crippen LogP contribution is 2.41. The third kappa shape index (κ3) is 3.76. The molecule has 1 N–H and O–H groups in total. The van der Waals surface area contributed by atoms with Crippen LogP contribution in [0.15, 0.2) is 10.5 Å². The largest absolute Gasteiger partial charge is 0.496 e. The Kier molecular flexibility index (Phi) is 7.04. The van der Waals surface area contributed by atoms with Gasteiger partial charge in [0.1, 0.15) is 5.75 Å². The Labute approximate surface area is 131 Å². The van der Waals surface area contributed by atoms with E-state index in [1.165, 1.54) is 0 Å². The van der Waals surface area contributed by atoms with Crippen LogP contribution in [0.5, 0.6) is 5.75 Å². The molecule has 114 valence electrons. The summed E-state index contributed by atoms with van der Waals surface area (Å²) in [7, 11) is 1.68. The van der Waals surface area contributed by atoms with Gasteiger partial charge in [0, 0.05) is 10.0 Å². The summed E-state index contributed by atoms with van der Waals surface area (Å²) in [5, 5.41) is 10.9. The molecule has 0 amide bonds. The summed E-state index contributed by atoms with van der Waals surface area (Å²) >= 11 is 3.59. The maximum atomic E-state index is 10.9. The summed E-state index contributed by atoms with van der Waals surface area (Å²) in [6, 6.07) is 2.05. The van der Waals surface area contributed by atoms with Gasteiger partial charge in [-0.05, 0) is 49.8 Å². The van der Waals surface area contributed by atoms with E-state index in [0.717, 1.165) is 52.6 Å². The number of benzene rings is 1. The number of hydrogen-bond acceptors (Lipinski definition) is 2. The Morgan fingerprint density at radius 2 is 1.75 bits per heavy atom. The molecule has 2 nitrogen and oxygen atoms in total. The van der Waals surface area contributed by atoms with Crippen molar-refractivity contribution in [3.05, 3.63) is 27.2 Å². The van der Waals surface area contributed by atoms with Crippen molar-refractivity contribution in [3.8, 4) is 5.75 Å². The second-order valence-electron chi connectivity index (χ2n) is 5.53. The van der Waals surface area contributed by atoms with Gasteiger partial charge >= 0.3 is 0 Å². The highest BCUT2D eigenvalue weighted by atomic mass is 79.9. The number of aryl methyl sites for hydroxylation is 1. The summed E-state index contributed by atoms with van der Waals surface area (Å²) in [6.07, 6.45) is 3.82. The lowest BCUT2D eigenvalue weighted by Crippen LogP contribution is -2.15. The topological polar surface area (TPSA) is 29.5 Å². The monoisotopic (exact) mass is 342 g/mol. The zero-order valence-electron chi connectivity index (χ0n) is 13.3. The molecule has 1 rings (SSSR count). The molecule has 3 heteroatoms. The molecule has 0 radical (unpaired) electrons. The molecule has 0 saturated heterocycles. The molecule has 0 fully saturated rings. The maximum absolute atomic E-state index is 10.9. The fourth-order valence-corrected chi connectivity index (χ4v) is 3.50. The van der Waals surface area contributed by atoms with Crippen molar-refractivity contribution in [2.45, 2.75) is 59.5 Å². The van der Waals surface area contributed by atoms with Gasteiger partial charge in [0.05, 0.1) is 13.2 Å². The molecule has 1 atom stereocenters. The summed E-state index contributed by atoms with van der Waals surface area (Å²) in [6.45, 7) is 8.41.